The van der Waals surface area contributed by atoms with E-state index in [0.29, 0.717) is 18.1 Å². The molecule has 0 aliphatic carbocycles. The number of hydrogen-bond donors (Lipinski definition) is 1. The van der Waals surface area contributed by atoms with Crippen molar-refractivity contribution in [2.24, 2.45) is 11.7 Å². The second-order valence-corrected chi connectivity index (χ2v) is 7.79. The molecule has 0 aromatic carbocycles. The van der Waals surface area contributed by atoms with Gasteiger partial charge in [-0.05, 0) is 37.3 Å². The summed E-state index contributed by atoms with van der Waals surface area (Å²) in [6.07, 6.45) is 5.48. The zero-order chi connectivity index (χ0) is 14.8. The Morgan fingerprint density at radius 1 is 1.55 bits per heavy atom. The summed E-state index contributed by atoms with van der Waals surface area (Å²) < 4.78 is 24.7. The highest BCUT2D eigenvalue weighted by atomic mass is 35.5. The van der Waals surface area contributed by atoms with Crippen LogP contribution in [0.25, 0.3) is 0 Å². The maximum atomic E-state index is 11.6. The zero-order valence-corrected chi connectivity index (χ0v) is 13.1. The van der Waals surface area contributed by atoms with Crippen molar-refractivity contribution < 1.29 is 8.42 Å². The predicted molar refractivity (Wildman–Crippen MR) is 79.9 cm³/mol. The van der Waals surface area contributed by atoms with Crippen molar-refractivity contribution in [1.29, 1.82) is 0 Å². The Morgan fingerprint density at radius 3 is 2.90 bits per heavy atom. The fourth-order valence-electron chi connectivity index (χ4n) is 2.61. The number of sulfonamides is 1. The molecule has 0 spiro atoms. The number of halogens is 1. The first-order valence-corrected chi connectivity index (χ1v) is 8.91. The molecule has 1 saturated heterocycles. The Morgan fingerprint density at radius 2 is 2.30 bits per heavy atom. The quantitative estimate of drug-likeness (QED) is 0.918. The van der Waals surface area contributed by atoms with Gasteiger partial charge >= 0.3 is 0 Å². The Labute approximate surface area is 125 Å². The van der Waals surface area contributed by atoms with E-state index in [9.17, 15) is 8.42 Å². The molecule has 112 valence electrons. The van der Waals surface area contributed by atoms with Crippen LogP contribution in [0.2, 0.25) is 5.02 Å². The van der Waals surface area contributed by atoms with E-state index in [1.165, 1.54) is 6.26 Å². The molecule has 0 saturated carbocycles. The second-order valence-electron chi connectivity index (χ2n) is 5.37. The van der Waals surface area contributed by atoms with Crippen molar-refractivity contribution in [3.8, 4) is 0 Å². The summed E-state index contributed by atoms with van der Waals surface area (Å²) in [7, 11) is -3.11. The third kappa shape index (κ3) is 4.15. The van der Waals surface area contributed by atoms with Gasteiger partial charge in [-0.2, -0.15) is 0 Å². The molecule has 2 rings (SSSR count). The predicted octanol–water partition coefficient (Wildman–Crippen LogP) is 1.80. The molecule has 5 nitrogen and oxygen atoms in total. The van der Waals surface area contributed by atoms with E-state index < -0.39 is 10.0 Å². The number of aromatic nitrogens is 1. The molecule has 20 heavy (non-hydrogen) atoms. The maximum absolute atomic E-state index is 11.6. The van der Waals surface area contributed by atoms with Gasteiger partial charge in [0.25, 0.3) is 0 Å². The molecule has 0 bridgehead atoms. The van der Waals surface area contributed by atoms with Crippen molar-refractivity contribution in [2.45, 2.75) is 25.3 Å². The summed E-state index contributed by atoms with van der Waals surface area (Å²) in [6.45, 7) is 1.17. The van der Waals surface area contributed by atoms with E-state index in [2.05, 4.69) is 4.98 Å². The molecule has 7 heteroatoms. The Balaban J connectivity index is 1.97. The van der Waals surface area contributed by atoms with Crippen LogP contribution in [0.15, 0.2) is 18.3 Å². The summed E-state index contributed by atoms with van der Waals surface area (Å²) in [5, 5.41) is 0.585. The van der Waals surface area contributed by atoms with Gasteiger partial charge < -0.3 is 5.73 Å². The van der Waals surface area contributed by atoms with Crippen molar-refractivity contribution in [1.82, 2.24) is 9.29 Å². The fourth-order valence-corrected chi connectivity index (χ4v) is 3.66. The van der Waals surface area contributed by atoms with Crippen LogP contribution in [-0.4, -0.2) is 37.1 Å². The van der Waals surface area contributed by atoms with Crippen LogP contribution < -0.4 is 5.73 Å². The Kier molecular flexibility index (Phi) is 5.01. The number of piperidine rings is 1. The van der Waals surface area contributed by atoms with Gasteiger partial charge in [-0.15, -0.1) is 0 Å². The summed E-state index contributed by atoms with van der Waals surface area (Å²) in [5.74, 6) is 0.283. The third-order valence-electron chi connectivity index (χ3n) is 3.67. The molecule has 1 aromatic rings. The highest BCUT2D eigenvalue weighted by molar-refractivity contribution is 7.88. The van der Waals surface area contributed by atoms with Crippen LogP contribution in [0.1, 0.15) is 31.0 Å². The van der Waals surface area contributed by atoms with Crippen molar-refractivity contribution in [3.05, 3.63) is 29.0 Å². The number of rotatable bonds is 4. The smallest absolute Gasteiger partial charge is 0.211 e. The number of nitrogens with zero attached hydrogens (tertiary/aromatic N) is 2. The first-order chi connectivity index (χ1) is 9.36. The minimum atomic E-state index is -3.11. The van der Waals surface area contributed by atoms with Crippen LogP contribution in [-0.2, 0) is 10.0 Å². The Bertz CT molecular complexity index is 547. The van der Waals surface area contributed by atoms with Gasteiger partial charge in [0.2, 0.25) is 10.0 Å². The molecule has 1 aliphatic heterocycles. The molecule has 2 heterocycles. The van der Waals surface area contributed by atoms with Crippen molar-refractivity contribution in [3.63, 3.8) is 0 Å². The highest BCUT2D eigenvalue weighted by Crippen LogP contribution is 2.26. The molecule has 2 atom stereocenters. The third-order valence-corrected chi connectivity index (χ3v) is 5.16. The summed E-state index contributed by atoms with van der Waals surface area (Å²) in [4.78, 5) is 4.22. The van der Waals surface area contributed by atoms with E-state index in [1.54, 1.807) is 16.6 Å². The van der Waals surface area contributed by atoms with Gasteiger partial charge in [0.05, 0.1) is 17.0 Å². The largest absolute Gasteiger partial charge is 0.323 e. The highest BCUT2D eigenvalue weighted by Gasteiger charge is 2.27. The molecule has 0 amide bonds. The topological polar surface area (TPSA) is 76.3 Å². The molecular weight excluding hydrogens is 298 g/mol. The normalized spacial score (nSPS) is 22.6. The minimum Gasteiger partial charge on any atom is -0.323 e. The maximum Gasteiger partial charge on any atom is 0.211 e. The van der Waals surface area contributed by atoms with Crippen molar-refractivity contribution >= 4 is 21.6 Å². The molecular formula is C13H20ClN3O2S. The van der Waals surface area contributed by atoms with Crippen LogP contribution in [0.5, 0.6) is 0 Å². The number of hydrogen-bond acceptors (Lipinski definition) is 4. The minimum absolute atomic E-state index is 0.184. The van der Waals surface area contributed by atoms with Crippen LogP contribution in [0.3, 0.4) is 0 Å². The van der Waals surface area contributed by atoms with E-state index in [0.717, 1.165) is 25.0 Å². The molecule has 2 N–H and O–H groups in total. The first kappa shape index (κ1) is 15.7. The lowest BCUT2D eigenvalue weighted by atomic mass is 9.91. The number of nitrogens with two attached hydrogens (primary N) is 1. The lowest BCUT2D eigenvalue weighted by Crippen LogP contribution is -2.40. The summed E-state index contributed by atoms with van der Waals surface area (Å²) >= 11 is 5.80. The van der Waals surface area contributed by atoms with Gasteiger partial charge in [-0.3, -0.25) is 4.98 Å². The summed E-state index contributed by atoms with van der Waals surface area (Å²) in [5.41, 5.74) is 6.95. The SMILES string of the molecule is CS(=O)(=O)N1CCCC(CC(N)c2ccc(Cl)cn2)C1. The van der Waals surface area contributed by atoms with Crippen molar-refractivity contribution in [2.75, 3.05) is 19.3 Å². The standard InChI is InChI=1S/C13H20ClN3O2S/c1-20(18,19)17-6-2-3-10(9-17)7-12(15)13-5-4-11(14)8-16-13/h4-5,8,10,12H,2-3,6-7,9,15H2,1H3. The van der Waals surface area contributed by atoms with Gasteiger partial charge in [-0.25, -0.2) is 12.7 Å². The van der Waals surface area contributed by atoms with Gasteiger partial charge in [0.15, 0.2) is 0 Å². The van der Waals surface area contributed by atoms with Crippen LogP contribution >= 0.6 is 11.6 Å². The lowest BCUT2D eigenvalue weighted by molar-refractivity contribution is 0.246. The van der Waals surface area contributed by atoms with Gasteiger partial charge in [-0.1, -0.05) is 11.6 Å². The van der Waals surface area contributed by atoms with E-state index >= 15 is 0 Å². The van der Waals surface area contributed by atoms with Gasteiger partial charge in [0, 0.05) is 25.3 Å². The van der Waals surface area contributed by atoms with E-state index in [-0.39, 0.29) is 12.0 Å². The first-order valence-electron chi connectivity index (χ1n) is 6.68. The molecule has 1 aliphatic rings. The molecule has 2 unspecified atom stereocenters. The average molecular weight is 318 g/mol. The summed E-state index contributed by atoms with van der Waals surface area (Å²) in [6, 6.07) is 3.41. The molecule has 1 fully saturated rings. The second kappa shape index (κ2) is 6.39. The van der Waals surface area contributed by atoms with Crippen LogP contribution in [0.4, 0.5) is 0 Å². The zero-order valence-electron chi connectivity index (χ0n) is 11.5. The monoisotopic (exact) mass is 317 g/mol. The van der Waals surface area contributed by atoms with Gasteiger partial charge in [0.1, 0.15) is 0 Å². The van der Waals surface area contributed by atoms with E-state index in [1.807, 2.05) is 6.07 Å². The van der Waals surface area contributed by atoms with Crippen LogP contribution in [0, 0.1) is 5.92 Å². The number of pyridine rings is 1. The van der Waals surface area contributed by atoms with E-state index in [4.69, 9.17) is 17.3 Å². The fraction of sp³-hybridized carbons (Fsp3) is 0.615. The molecule has 1 aromatic heterocycles. The Hall–Kier alpha value is -0.690. The lowest BCUT2D eigenvalue weighted by Gasteiger charge is -2.32. The molecule has 0 radical (unpaired) electrons. The average Bonchev–Trinajstić information content (AvgIpc) is 2.38.